The molecule has 1 aromatic rings. The normalized spacial score (nSPS) is 40.8. The molecule has 4 aliphatic carbocycles. The van der Waals surface area contributed by atoms with E-state index < -0.39 is 17.1 Å². The van der Waals surface area contributed by atoms with E-state index >= 15 is 0 Å². The van der Waals surface area contributed by atoms with Crippen LogP contribution in [0.3, 0.4) is 0 Å². The van der Waals surface area contributed by atoms with Crippen LogP contribution in [-0.2, 0) is 16.0 Å². The predicted octanol–water partition coefficient (Wildman–Crippen LogP) is 3.94. The van der Waals surface area contributed by atoms with Crippen LogP contribution in [0.15, 0.2) is 48.2 Å². The number of ketones is 2. The van der Waals surface area contributed by atoms with Gasteiger partial charge in [-0.1, -0.05) is 31.6 Å². The molecule has 0 aromatic carbocycles. The average molecular weight is 482 g/mol. The first-order valence-corrected chi connectivity index (χ1v) is 13.7. The molecule has 0 bridgehead atoms. The van der Waals surface area contributed by atoms with E-state index in [0.717, 1.165) is 42.7 Å². The van der Waals surface area contributed by atoms with Gasteiger partial charge in [0.15, 0.2) is 11.6 Å². The van der Waals surface area contributed by atoms with Crippen LogP contribution >= 0.6 is 11.8 Å². The molecular formula is C28H35NO4S. The highest BCUT2D eigenvalue weighted by atomic mass is 32.2. The number of fused-ring (bicyclic) bond motifs is 5. The van der Waals surface area contributed by atoms with E-state index in [-0.39, 0.29) is 40.5 Å². The van der Waals surface area contributed by atoms with Crippen LogP contribution in [0.2, 0.25) is 0 Å². The maximum absolute atomic E-state index is 13.4. The minimum atomic E-state index is -1.39. The predicted molar refractivity (Wildman–Crippen MR) is 133 cm³/mol. The van der Waals surface area contributed by atoms with Gasteiger partial charge < -0.3 is 10.2 Å². The molecule has 1 heterocycles. The smallest absolute Gasteiger partial charge is 0.178 e. The summed E-state index contributed by atoms with van der Waals surface area (Å²) >= 11 is 1.56. The maximum atomic E-state index is 13.4. The van der Waals surface area contributed by atoms with Crippen molar-refractivity contribution in [3.8, 4) is 0 Å². The monoisotopic (exact) mass is 481 g/mol. The molecule has 34 heavy (non-hydrogen) atoms. The second-order valence-corrected chi connectivity index (χ2v) is 12.3. The first kappa shape index (κ1) is 24.0. The Morgan fingerprint density at radius 1 is 1.26 bits per heavy atom. The number of allylic oxidation sites excluding steroid dienone is 4. The number of Topliss-reactive ketones (excluding diaryl/α,β-unsaturated/α-hetero) is 1. The van der Waals surface area contributed by atoms with Gasteiger partial charge in [-0.15, -0.1) is 0 Å². The van der Waals surface area contributed by atoms with Crippen molar-refractivity contribution < 1.29 is 19.8 Å². The summed E-state index contributed by atoms with van der Waals surface area (Å²) in [5, 5.41) is 23.3. The van der Waals surface area contributed by atoms with Crippen molar-refractivity contribution in [2.45, 2.75) is 64.1 Å². The summed E-state index contributed by atoms with van der Waals surface area (Å²) in [6.07, 6.45) is 10.8. The molecule has 0 aliphatic heterocycles. The second-order valence-electron chi connectivity index (χ2n) is 11.2. The van der Waals surface area contributed by atoms with E-state index in [4.69, 9.17) is 0 Å². The number of aliphatic hydroxyl groups excluding tert-OH is 1. The van der Waals surface area contributed by atoms with Crippen molar-refractivity contribution in [2.24, 2.45) is 28.6 Å². The molecule has 6 unspecified atom stereocenters. The van der Waals surface area contributed by atoms with Crippen molar-refractivity contribution in [1.82, 2.24) is 4.98 Å². The lowest BCUT2D eigenvalue weighted by atomic mass is 9.46. The van der Waals surface area contributed by atoms with Gasteiger partial charge >= 0.3 is 0 Å². The average Bonchev–Trinajstić information content (AvgIpc) is 3.08. The van der Waals surface area contributed by atoms with Crippen molar-refractivity contribution in [3.05, 3.63) is 53.9 Å². The van der Waals surface area contributed by atoms with Crippen molar-refractivity contribution in [3.63, 3.8) is 0 Å². The molecule has 5 nitrogen and oxygen atoms in total. The molecule has 0 amide bonds. The number of pyridine rings is 1. The fourth-order valence-corrected chi connectivity index (χ4v) is 8.72. The maximum Gasteiger partial charge on any atom is 0.178 e. The highest BCUT2D eigenvalue weighted by molar-refractivity contribution is 7.99. The van der Waals surface area contributed by atoms with Gasteiger partial charge in [-0.25, -0.2) is 0 Å². The number of hydrogen-bond acceptors (Lipinski definition) is 6. The van der Waals surface area contributed by atoms with Gasteiger partial charge in [-0.2, -0.15) is 11.8 Å². The number of thioether (sulfide) groups is 1. The molecular weight excluding hydrogens is 446 g/mol. The molecule has 182 valence electrons. The third-order valence-corrected chi connectivity index (χ3v) is 10.5. The Kier molecular flexibility index (Phi) is 6.14. The molecule has 7 atom stereocenters. The largest absolute Gasteiger partial charge is 0.393 e. The van der Waals surface area contributed by atoms with Crippen LogP contribution in [0, 0.1) is 28.6 Å². The van der Waals surface area contributed by atoms with Gasteiger partial charge in [-0.3, -0.25) is 14.6 Å². The van der Waals surface area contributed by atoms with Crippen LogP contribution in [0.1, 0.15) is 51.6 Å². The molecule has 0 spiro atoms. The Bertz CT molecular complexity index is 1040. The van der Waals surface area contributed by atoms with Gasteiger partial charge in [0, 0.05) is 28.6 Å². The number of carbonyl (C=O) groups is 2. The second kappa shape index (κ2) is 8.72. The number of hydrogen-bond donors (Lipinski definition) is 2. The van der Waals surface area contributed by atoms with Crippen LogP contribution in [0.25, 0.3) is 0 Å². The molecule has 0 saturated heterocycles. The van der Waals surface area contributed by atoms with Crippen LogP contribution in [0.5, 0.6) is 0 Å². The Balaban J connectivity index is 1.31. The molecule has 3 saturated carbocycles. The van der Waals surface area contributed by atoms with E-state index in [9.17, 15) is 19.8 Å². The Morgan fingerprint density at radius 3 is 2.85 bits per heavy atom. The van der Waals surface area contributed by atoms with Crippen LogP contribution < -0.4 is 0 Å². The summed E-state index contributed by atoms with van der Waals surface area (Å²) in [4.78, 5) is 29.7. The Hall–Kier alpha value is -1.76. The van der Waals surface area contributed by atoms with Crippen molar-refractivity contribution >= 4 is 23.3 Å². The minimum Gasteiger partial charge on any atom is -0.393 e. The van der Waals surface area contributed by atoms with E-state index in [0.29, 0.717) is 12.8 Å². The number of aliphatic hydroxyl groups is 2. The van der Waals surface area contributed by atoms with E-state index in [2.05, 4.69) is 11.9 Å². The summed E-state index contributed by atoms with van der Waals surface area (Å²) in [5.41, 5.74) is -0.218. The molecule has 1 aromatic heterocycles. The molecule has 5 rings (SSSR count). The summed E-state index contributed by atoms with van der Waals surface area (Å²) in [5.74, 6) is 1.43. The van der Waals surface area contributed by atoms with Gasteiger partial charge in [0.25, 0.3) is 0 Å². The van der Waals surface area contributed by atoms with Gasteiger partial charge in [0.2, 0.25) is 0 Å². The lowest BCUT2D eigenvalue weighted by Crippen LogP contribution is -2.61. The van der Waals surface area contributed by atoms with E-state index in [1.54, 1.807) is 30.1 Å². The van der Waals surface area contributed by atoms with E-state index in [1.807, 2.05) is 31.2 Å². The van der Waals surface area contributed by atoms with E-state index in [1.165, 1.54) is 0 Å². The zero-order chi connectivity index (χ0) is 24.1. The van der Waals surface area contributed by atoms with Crippen LogP contribution in [-0.4, -0.2) is 50.0 Å². The van der Waals surface area contributed by atoms with Crippen LogP contribution in [0.4, 0.5) is 0 Å². The summed E-state index contributed by atoms with van der Waals surface area (Å²) in [6.45, 7) is 4.18. The first-order valence-electron chi connectivity index (χ1n) is 12.5. The lowest BCUT2D eigenvalue weighted by Gasteiger charge is -2.59. The van der Waals surface area contributed by atoms with Crippen molar-refractivity contribution in [1.29, 1.82) is 0 Å². The minimum absolute atomic E-state index is 0.0140. The fraction of sp³-hybridized carbons (Fsp3) is 0.607. The summed E-state index contributed by atoms with van der Waals surface area (Å²) in [6, 6.07) is 5.85. The molecule has 4 aliphatic rings. The van der Waals surface area contributed by atoms with Gasteiger partial charge in [-0.05, 0) is 80.4 Å². The quantitative estimate of drug-likeness (QED) is 0.599. The summed E-state index contributed by atoms with van der Waals surface area (Å²) in [7, 11) is 0. The number of aromatic nitrogens is 1. The SMILES string of the molecule is CC12C=CC(=O)C=C1CCC1C2C(O)CC2(C)C1CC[C@]2(O)C(=O)CSCCc1ccccn1. The molecule has 3 fully saturated rings. The molecule has 2 N–H and O–H groups in total. The highest BCUT2D eigenvalue weighted by Crippen LogP contribution is 2.67. The number of rotatable bonds is 6. The third-order valence-electron chi connectivity index (χ3n) is 9.57. The van der Waals surface area contributed by atoms with Gasteiger partial charge in [0.05, 0.1) is 11.9 Å². The Morgan fingerprint density at radius 2 is 2.09 bits per heavy atom. The zero-order valence-electron chi connectivity index (χ0n) is 20.1. The van der Waals surface area contributed by atoms with Gasteiger partial charge in [0.1, 0.15) is 5.60 Å². The number of aryl methyl sites for hydroxylation is 1. The highest BCUT2D eigenvalue weighted by Gasteiger charge is 2.67. The lowest BCUT2D eigenvalue weighted by molar-refractivity contribution is -0.174. The topological polar surface area (TPSA) is 87.5 Å². The first-order chi connectivity index (χ1) is 16.2. The number of carbonyl (C=O) groups excluding carboxylic acids is 2. The number of nitrogens with zero attached hydrogens (tertiary/aromatic N) is 1. The zero-order valence-corrected chi connectivity index (χ0v) is 20.9. The Labute approximate surface area is 206 Å². The third kappa shape index (κ3) is 3.64. The molecule has 6 heteroatoms. The molecule has 0 radical (unpaired) electrons. The van der Waals surface area contributed by atoms with Crippen molar-refractivity contribution in [2.75, 3.05) is 11.5 Å². The summed E-state index contributed by atoms with van der Waals surface area (Å²) < 4.78 is 0. The fourth-order valence-electron chi connectivity index (χ4n) is 7.80. The standard InChI is InChI=1S/C28H35NO4S/c1-26-11-8-20(30)15-18(26)6-7-21-22-9-12-28(33,27(22,2)16-23(31)25(21)26)24(32)17-34-14-10-19-5-3-4-13-29-19/h3-5,8,11,13,15,21-23,25,31,33H,6-7,9-10,12,14,16-17H2,1-2H3/t21?,22?,23?,25?,26?,27?,28-/m0/s1.